The molecule has 0 spiro atoms. The highest BCUT2D eigenvalue weighted by Crippen LogP contribution is 2.28. The summed E-state index contributed by atoms with van der Waals surface area (Å²) in [6.45, 7) is 1.82. The lowest BCUT2D eigenvalue weighted by atomic mass is 10.1. The number of methoxy groups -OCH3 is 1. The maximum absolute atomic E-state index is 11.6. The molecule has 2 heterocycles. The Labute approximate surface area is 159 Å². The number of hydrogen-bond acceptors (Lipinski definition) is 4. The molecule has 27 heavy (non-hydrogen) atoms. The molecule has 1 aliphatic rings. The minimum absolute atomic E-state index is 0.313. The van der Waals surface area contributed by atoms with Crippen LogP contribution in [-0.2, 0) is 24.1 Å². The van der Waals surface area contributed by atoms with E-state index in [1.807, 2.05) is 24.5 Å². The fraction of sp³-hybridized carbons (Fsp3) is 0.273. The van der Waals surface area contributed by atoms with Crippen LogP contribution in [0.4, 0.5) is 5.69 Å². The van der Waals surface area contributed by atoms with E-state index >= 15 is 0 Å². The van der Waals surface area contributed by atoms with E-state index in [0.29, 0.717) is 5.56 Å². The van der Waals surface area contributed by atoms with Gasteiger partial charge in [-0.3, -0.25) is 0 Å². The Kier molecular flexibility index (Phi) is 4.67. The standard InChI is InChI=1S/C22H23N3O2/c1-24-11-9-19-13-17(5-8-20(19)24)14-21-23-10-12-25(21)15-16-3-6-18(7-4-16)22(26)27-2/h3-8,10,12-13H,9,11,14-15H2,1-2H3. The van der Waals surface area contributed by atoms with E-state index in [0.717, 1.165) is 37.3 Å². The second-order valence-electron chi connectivity index (χ2n) is 6.97. The van der Waals surface area contributed by atoms with Crippen molar-refractivity contribution < 1.29 is 9.53 Å². The Morgan fingerprint density at radius 2 is 1.93 bits per heavy atom. The summed E-state index contributed by atoms with van der Waals surface area (Å²) >= 11 is 0. The number of carbonyl (C=O) groups is 1. The molecule has 0 amide bonds. The number of aromatic nitrogens is 2. The summed E-state index contributed by atoms with van der Waals surface area (Å²) in [6, 6.07) is 14.2. The topological polar surface area (TPSA) is 47.4 Å². The summed E-state index contributed by atoms with van der Waals surface area (Å²) in [5.74, 6) is 0.727. The molecule has 0 saturated heterocycles. The zero-order valence-corrected chi connectivity index (χ0v) is 15.7. The monoisotopic (exact) mass is 361 g/mol. The molecule has 4 rings (SSSR count). The smallest absolute Gasteiger partial charge is 0.337 e. The molecule has 2 aromatic carbocycles. The third-order valence-electron chi connectivity index (χ3n) is 5.16. The Bertz CT molecular complexity index is 960. The van der Waals surface area contributed by atoms with E-state index in [2.05, 4.69) is 39.7 Å². The fourth-order valence-electron chi connectivity index (χ4n) is 3.62. The van der Waals surface area contributed by atoms with Crippen LogP contribution in [0.2, 0.25) is 0 Å². The van der Waals surface area contributed by atoms with E-state index in [1.54, 1.807) is 12.1 Å². The molecule has 5 nitrogen and oxygen atoms in total. The summed E-state index contributed by atoms with van der Waals surface area (Å²) in [6.07, 6.45) is 5.77. The van der Waals surface area contributed by atoms with Crippen LogP contribution in [0.3, 0.4) is 0 Å². The first-order valence-electron chi connectivity index (χ1n) is 9.14. The minimum Gasteiger partial charge on any atom is -0.465 e. The molecular formula is C22H23N3O2. The predicted octanol–water partition coefficient (Wildman–Crippen LogP) is 3.30. The number of anilines is 1. The van der Waals surface area contributed by atoms with Gasteiger partial charge in [-0.1, -0.05) is 24.3 Å². The molecule has 0 unspecified atom stereocenters. The van der Waals surface area contributed by atoms with Crippen molar-refractivity contribution >= 4 is 11.7 Å². The van der Waals surface area contributed by atoms with Crippen molar-refractivity contribution in [1.82, 2.24) is 9.55 Å². The van der Waals surface area contributed by atoms with Crippen molar-refractivity contribution in [2.45, 2.75) is 19.4 Å². The zero-order chi connectivity index (χ0) is 18.8. The van der Waals surface area contributed by atoms with Crippen LogP contribution in [0.25, 0.3) is 0 Å². The van der Waals surface area contributed by atoms with Gasteiger partial charge in [0.05, 0.1) is 12.7 Å². The van der Waals surface area contributed by atoms with Crippen LogP contribution >= 0.6 is 0 Å². The molecule has 0 bridgehead atoms. The van der Waals surface area contributed by atoms with E-state index in [4.69, 9.17) is 4.74 Å². The lowest BCUT2D eigenvalue weighted by Crippen LogP contribution is -2.12. The number of rotatable bonds is 5. The molecule has 0 radical (unpaired) electrons. The minimum atomic E-state index is -0.313. The number of carbonyl (C=O) groups excluding carboxylic acids is 1. The number of fused-ring (bicyclic) bond motifs is 1. The van der Waals surface area contributed by atoms with Gasteiger partial charge in [-0.2, -0.15) is 0 Å². The summed E-state index contributed by atoms with van der Waals surface area (Å²) in [4.78, 5) is 18.4. The van der Waals surface area contributed by atoms with Crippen LogP contribution < -0.4 is 4.90 Å². The maximum atomic E-state index is 11.6. The number of esters is 1. The maximum Gasteiger partial charge on any atom is 0.337 e. The number of imidazole rings is 1. The highest BCUT2D eigenvalue weighted by molar-refractivity contribution is 5.89. The van der Waals surface area contributed by atoms with Crippen LogP contribution in [0.15, 0.2) is 54.9 Å². The summed E-state index contributed by atoms with van der Waals surface area (Å²) in [7, 11) is 3.54. The highest BCUT2D eigenvalue weighted by atomic mass is 16.5. The lowest BCUT2D eigenvalue weighted by molar-refractivity contribution is 0.0600. The van der Waals surface area contributed by atoms with E-state index in [-0.39, 0.29) is 5.97 Å². The van der Waals surface area contributed by atoms with Gasteiger partial charge >= 0.3 is 5.97 Å². The SMILES string of the molecule is COC(=O)c1ccc(Cn2ccnc2Cc2ccc3c(c2)CCN3C)cc1. The Hall–Kier alpha value is -3.08. The Morgan fingerprint density at radius 3 is 2.70 bits per heavy atom. The molecule has 3 aromatic rings. The molecule has 0 atom stereocenters. The van der Waals surface area contributed by atoms with Crippen molar-refractivity contribution in [2.75, 3.05) is 25.6 Å². The summed E-state index contributed by atoms with van der Waals surface area (Å²) in [5.41, 5.74) is 5.74. The number of hydrogen-bond donors (Lipinski definition) is 0. The number of ether oxygens (including phenoxy) is 1. The van der Waals surface area contributed by atoms with Crippen molar-refractivity contribution in [3.63, 3.8) is 0 Å². The molecular weight excluding hydrogens is 338 g/mol. The first-order chi connectivity index (χ1) is 13.1. The Balaban J connectivity index is 1.49. The van der Waals surface area contributed by atoms with E-state index in [1.165, 1.54) is 23.9 Å². The molecule has 1 aromatic heterocycles. The predicted molar refractivity (Wildman–Crippen MR) is 105 cm³/mol. The van der Waals surface area contributed by atoms with Crippen molar-refractivity contribution in [2.24, 2.45) is 0 Å². The van der Waals surface area contributed by atoms with Crippen molar-refractivity contribution in [3.8, 4) is 0 Å². The van der Waals surface area contributed by atoms with Crippen molar-refractivity contribution in [3.05, 3.63) is 82.9 Å². The number of nitrogens with zero attached hydrogens (tertiary/aromatic N) is 3. The lowest BCUT2D eigenvalue weighted by Gasteiger charge is -2.13. The van der Waals surface area contributed by atoms with Gasteiger partial charge in [0.1, 0.15) is 5.82 Å². The van der Waals surface area contributed by atoms with Crippen LogP contribution in [0.1, 0.15) is 32.9 Å². The normalized spacial score (nSPS) is 12.9. The third-order valence-corrected chi connectivity index (χ3v) is 5.16. The van der Waals surface area contributed by atoms with Crippen molar-refractivity contribution in [1.29, 1.82) is 0 Å². The largest absolute Gasteiger partial charge is 0.465 e. The molecule has 138 valence electrons. The van der Waals surface area contributed by atoms with Gasteiger partial charge in [-0.05, 0) is 41.3 Å². The fourth-order valence-corrected chi connectivity index (χ4v) is 3.62. The Morgan fingerprint density at radius 1 is 1.15 bits per heavy atom. The van der Waals surface area contributed by atoms with E-state index in [9.17, 15) is 4.79 Å². The first-order valence-corrected chi connectivity index (χ1v) is 9.14. The zero-order valence-electron chi connectivity index (χ0n) is 15.7. The molecule has 1 aliphatic heterocycles. The molecule has 0 N–H and O–H groups in total. The van der Waals surface area contributed by atoms with Gasteiger partial charge in [-0.15, -0.1) is 0 Å². The third kappa shape index (κ3) is 3.58. The van der Waals surface area contributed by atoms with Gasteiger partial charge in [0, 0.05) is 44.6 Å². The van der Waals surface area contributed by atoms with Gasteiger partial charge in [0.25, 0.3) is 0 Å². The van der Waals surface area contributed by atoms with Gasteiger partial charge in [-0.25, -0.2) is 9.78 Å². The highest BCUT2D eigenvalue weighted by Gasteiger charge is 2.16. The second kappa shape index (κ2) is 7.27. The second-order valence-corrected chi connectivity index (χ2v) is 6.97. The number of benzene rings is 2. The van der Waals surface area contributed by atoms with E-state index < -0.39 is 0 Å². The van der Waals surface area contributed by atoms with Gasteiger partial charge < -0.3 is 14.2 Å². The quantitative estimate of drug-likeness (QED) is 0.654. The van der Waals surface area contributed by atoms with Crippen LogP contribution in [0, 0.1) is 0 Å². The average Bonchev–Trinajstić information content (AvgIpc) is 3.28. The number of likely N-dealkylation sites (N-methyl/N-ethyl adjacent to an activating group) is 1. The van der Waals surface area contributed by atoms with Crippen LogP contribution in [0.5, 0.6) is 0 Å². The summed E-state index contributed by atoms with van der Waals surface area (Å²) in [5, 5.41) is 0. The molecule has 5 heteroatoms. The van der Waals surface area contributed by atoms with Gasteiger partial charge in [0.15, 0.2) is 0 Å². The van der Waals surface area contributed by atoms with Gasteiger partial charge in [0.2, 0.25) is 0 Å². The molecule has 0 fully saturated rings. The van der Waals surface area contributed by atoms with Crippen LogP contribution in [-0.4, -0.2) is 36.2 Å². The first kappa shape index (κ1) is 17.3. The summed E-state index contributed by atoms with van der Waals surface area (Å²) < 4.78 is 6.91. The average molecular weight is 361 g/mol. The molecule has 0 saturated carbocycles. The molecule has 0 aliphatic carbocycles.